The maximum Gasteiger partial charge on any atom is 0.123 e. The first kappa shape index (κ1) is 14.5. The smallest absolute Gasteiger partial charge is 0.123 e. The molecular formula is C16H21FO. The molecule has 1 aromatic rings. The van der Waals surface area contributed by atoms with E-state index in [0.717, 1.165) is 24.0 Å². The Balaban J connectivity index is 2.92. The summed E-state index contributed by atoms with van der Waals surface area (Å²) in [5.74, 6) is 1.04. The molecule has 0 saturated heterocycles. The molecule has 0 aromatic heterocycles. The molecule has 0 atom stereocenters. The standard InChI is InChI=1S/C16H21FO/c1-12(2)5-6-15(11-13(3)18-4)14-7-9-16(17)10-8-14/h7-12H,3,5-6H2,1-2,4H3/b15-11+. The average molecular weight is 248 g/mol. The van der Waals surface area contributed by atoms with Crippen LogP contribution in [0.2, 0.25) is 0 Å². The zero-order chi connectivity index (χ0) is 13.5. The molecule has 0 bridgehead atoms. The molecule has 0 aliphatic rings. The summed E-state index contributed by atoms with van der Waals surface area (Å²) in [7, 11) is 1.60. The van der Waals surface area contributed by atoms with E-state index in [-0.39, 0.29) is 5.82 Å². The van der Waals surface area contributed by atoms with Crippen LogP contribution in [0.3, 0.4) is 0 Å². The first-order valence-corrected chi connectivity index (χ1v) is 6.22. The molecule has 0 aliphatic heterocycles. The lowest BCUT2D eigenvalue weighted by molar-refractivity contribution is 0.309. The zero-order valence-corrected chi connectivity index (χ0v) is 11.4. The van der Waals surface area contributed by atoms with Gasteiger partial charge in [0, 0.05) is 0 Å². The zero-order valence-electron chi connectivity index (χ0n) is 11.4. The summed E-state index contributed by atoms with van der Waals surface area (Å²) in [4.78, 5) is 0. The molecule has 0 unspecified atom stereocenters. The van der Waals surface area contributed by atoms with Gasteiger partial charge < -0.3 is 4.74 Å². The molecular weight excluding hydrogens is 227 g/mol. The van der Waals surface area contributed by atoms with Crippen LogP contribution in [0, 0.1) is 11.7 Å². The molecule has 0 spiro atoms. The van der Waals surface area contributed by atoms with Crippen molar-refractivity contribution in [3.8, 4) is 0 Å². The van der Waals surface area contributed by atoms with E-state index in [4.69, 9.17) is 4.74 Å². The van der Waals surface area contributed by atoms with Gasteiger partial charge in [0.25, 0.3) is 0 Å². The predicted molar refractivity (Wildman–Crippen MR) is 74.6 cm³/mol. The monoisotopic (exact) mass is 248 g/mol. The largest absolute Gasteiger partial charge is 0.497 e. The fourth-order valence-corrected chi connectivity index (χ4v) is 1.66. The molecule has 0 aliphatic carbocycles. The lowest BCUT2D eigenvalue weighted by Gasteiger charge is -2.11. The van der Waals surface area contributed by atoms with Crippen molar-refractivity contribution in [2.45, 2.75) is 26.7 Å². The molecule has 1 aromatic carbocycles. The van der Waals surface area contributed by atoms with Gasteiger partial charge >= 0.3 is 0 Å². The van der Waals surface area contributed by atoms with Crippen LogP contribution in [0.1, 0.15) is 32.3 Å². The van der Waals surface area contributed by atoms with E-state index >= 15 is 0 Å². The molecule has 0 saturated carbocycles. The van der Waals surface area contributed by atoms with E-state index < -0.39 is 0 Å². The van der Waals surface area contributed by atoms with Crippen LogP contribution >= 0.6 is 0 Å². The van der Waals surface area contributed by atoms with Gasteiger partial charge in [0.2, 0.25) is 0 Å². The van der Waals surface area contributed by atoms with Crippen LogP contribution in [0.15, 0.2) is 42.7 Å². The minimum absolute atomic E-state index is 0.215. The van der Waals surface area contributed by atoms with Crippen molar-refractivity contribution in [1.29, 1.82) is 0 Å². The molecule has 0 heterocycles. The first-order chi connectivity index (χ1) is 8.52. The maximum absolute atomic E-state index is 12.9. The third-order valence-corrected chi connectivity index (χ3v) is 2.80. The van der Waals surface area contributed by atoms with Crippen LogP contribution in [0.5, 0.6) is 0 Å². The Morgan fingerprint density at radius 1 is 1.33 bits per heavy atom. The number of methoxy groups -OCH3 is 1. The van der Waals surface area contributed by atoms with Gasteiger partial charge in [0.1, 0.15) is 11.6 Å². The van der Waals surface area contributed by atoms with E-state index in [2.05, 4.69) is 20.4 Å². The summed E-state index contributed by atoms with van der Waals surface area (Å²) in [5.41, 5.74) is 2.16. The summed E-state index contributed by atoms with van der Waals surface area (Å²) in [6.07, 6.45) is 3.95. The van der Waals surface area contributed by atoms with Crippen molar-refractivity contribution in [3.05, 3.63) is 54.1 Å². The fourth-order valence-electron chi connectivity index (χ4n) is 1.66. The third-order valence-electron chi connectivity index (χ3n) is 2.80. The van der Waals surface area contributed by atoms with Crippen molar-refractivity contribution in [2.24, 2.45) is 5.92 Å². The Kier molecular flexibility index (Phi) is 5.63. The number of allylic oxidation sites excluding steroid dienone is 2. The summed E-state index contributed by atoms with van der Waals surface area (Å²) >= 11 is 0. The Labute approximate surface area is 109 Å². The minimum atomic E-state index is -0.215. The maximum atomic E-state index is 12.9. The molecule has 0 N–H and O–H groups in total. The van der Waals surface area contributed by atoms with E-state index in [9.17, 15) is 4.39 Å². The molecule has 2 heteroatoms. The van der Waals surface area contributed by atoms with Crippen molar-refractivity contribution in [1.82, 2.24) is 0 Å². The van der Waals surface area contributed by atoms with E-state index in [0.29, 0.717) is 11.7 Å². The van der Waals surface area contributed by atoms with Gasteiger partial charge in [-0.1, -0.05) is 32.6 Å². The summed E-state index contributed by atoms with van der Waals surface area (Å²) < 4.78 is 18.0. The van der Waals surface area contributed by atoms with Crippen LogP contribution in [-0.2, 0) is 4.74 Å². The Hall–Kier alpha value is -1.57. The first-order valence-electron chi connectivity index (χ1n) is 6.22. The highest BCUT2D eigenvalue weighted by Crippen LogP contribution is 2.24. The highest BCUT2D eigenvalue weighted by Gasteiger charge is 2.05. The number of halogens is 1. The Bertz CT molecular complexity index is 415. The minimum Gasteiger partial charge on any atom is -0.497 e. The van der Waals surface area contributed by atoms with E-state index in [1.165, 1.54) is 12.1 Å². The van der Waals surface area contributed by atoms with Crippen LogP contribution in [-0.4, -0.2) is 7.11 Å². The van der Waals surface area contributed by atoms with Gasteiger partial charge in [-0.25, -0.2) is 4.39 Å². The highest BCUT2D eigenvalue weighted by molar-refractivity contribution is 5.67. The van der Waals surface area contributed by atoms with Gasteiger partial charge in [-0.2, -0.15) is 0 Å². The normalized spacial score (nSPS) is 11.7. The number of hydrogen-bond donors (Lipinski definition) is 0. The van der Waals surface area contributed by atoms with Gasteiger partial charge in [0.15, 0.2) is 0 Å². The van der Waals surface area contributed by atoms with Gasteiger partial charge in [-0.3, -0.25) is 0 Å². The molecule has 18 heavy (non-hydrogen) atoms. The number of ether oxygens (including phenoxy) is 1. The topological polar surface area (TPSA) is 9.23 Å². The highest BCUT2D eigenvalue weighted by atomic mass is 19.1. The van der Waals surface area contributed by atoms with Crippen LogP contribution in [0.25, 0.3) is 5.57 Å². The molecule has 0 amide bonds. The number of rotatable bonds is 6. The lowest BCUT2D eigenvalue weighted by Crippen LogP contribution is -1.93. The number of benzene rings is 1. The molecule has 1 rings (SSSR count). The second-order valence-electron chi connectivity index (χ2n) is 4.78. The van der Waals surface area contributed by atoms with Crippen molar-refractivity contribution in [2.75, 3.05) is 7.11 Å². The second-order valence-corrected chi connectivity index (χ2v) is 4.78. The Morgan fingerprint density at radius 2 is 1.94 bits per heavy atom. The fraction of sp³-hybridized carbons (Fsp3) is 0.375. The van der Waals surface area contributed by atoms with Gasteiger partial charge in [0.05, 0.1) is 7.11 Å². The SMILES string of the molecule is C=C(/C=C(\CCC(C)C)c1ccc(F)cc1)OC. The van der Waals surface area contributed by atoms with Gasteiger partial charge in [-0.15, -0.1) is 0 Å². The van der Waals surface area contributed by atoms with Crippen LogP contribution in [0.4, 0.5) is 4.39 Å². The van der Waals surface area contributed by atoms with E-state index in [1.807, 2.05) is 6.08 Å². The summed E-state index contributed by atoms with van der Waals surface area (Å²) in [6, 6.07) is 6.55. The molecule has 98 valence electrons. The van der Waals surface area contributed by atoms with Crippen molar-refractivity contribution < 1.29 is 9.13 Å². The lowest BCUT2D eigenvalue weighted by atomic mass is 9.96. The van der Waals surface area contributed by atoms with Crippen molar-refractivity contribution in [3.63, 3.8) is 0 Å². The second kappa shape index (κ2) is 7.00. The van der Waals surface area contributed by atoms with Crippen molar-refractivity contribution >= 4 is 5.57 Å². The van der Waals surface area contributed by atoms with Gasteiger partial charge in [-0.05, 0) is 48.1 Å². The third kappa shape index (κ3) is 4.74. The molecule has 1 nitrogen and oxygen atoms in total. The quantitative estimate of drug-likeness (QED) is 0.518. The Morgan fingerprint density at radius 3 is 2.44 bits per heavy atom. The van der Waals surface area contributed by atoms with Crippen LogP contribution < -0.4 is 0 Å². The summed E-state index contributed by atoms with van der Waals surface area (Å²) in [5, 5.41) is 0. The molecule has 0 radical (unpaired) electrons. The summed E-state index contributed by atoms with van der Waals surface area (Å²) in [6.45, 7) is 8.19. The van der Waals surface area contributed by atoms with E-state index in [1.54, 1.807) is 19.2 Å². The number of hydrogen-bond acceptors (Lipinski definition) is 1. The average Bonchev–Trinajstić information content (AvgIpc) is 2.35. The predicted octanol–water partition coefficient (Wildman–Crippen LogP) is 4.81. The molecule has 0 fully saturated rings.